The van der Waals surface area contributed by atoms with Gasteiger partial charge in [0.2, 0.25) is 0 Å². The Kier molecular flexibility index (Phi) is 37.7. The van der Waals surface area contributed by atoms with Crippen molar-refractivity contribution < 1.29 is 60.0 Å². The minimum atomic E-state index is -0.925. The van der Waals surface area contributed by atoms with E-state index >= 15 is 0 Å². The van der Waals surface area contributed by atoms with Crippen LogP contribution >= 0.6 is 0 Å². The molecule has 0 aromatic carbocycles. The van der Waals surface area contributed by atoms with E-state index in [1.54, 1.807) is 0 Å². The van der Waals surface area contributed by atoms with E-state index in [0.29, 0.717) is 21.7 Å². The van der Waals surface area contributed by atoms with Gasteiger partial charge in [-0.3, -0.25) is 0 Å². The number of aliphatic carboxylic acids is 4. The van der Waals surface area contributed by atoms with E-state index < -0.39 is 23.9 Å². The molecule has 0 unspecified atom stereocenters. The van der Waals surface area contributed by atoms with Crippen molar-refractivity contribution in [3.63, 3.8) is 0 Å². The van der Waals surface area contributed by atoms with Crippen LogP contribution in [0, 0.1) is 21.7 Å². The summed E-state index contributed by atoms with van der Waals surface area (Å²) in [5.41, 5.74) is 1.51. The average Bonchev–Trinajstić information content (AvgIpc) is 2.85. The zero-order valence-corrected chi connectivity index (χ0v) is 36.5. The van der Waals surface area contributed by atoms with Gasteiger partial charge in [0.25, 0.3) is 0 Å². The maximum absolute atomic E-state index is 10.0. The van der Waals surface area contributed by atoms with Crippen molar-refractivity contribution in [3.05, 3.63) is 0 Å². The normalized spacial score (nSPS) is 11.3. The summed E-state index contributed by atoms with van der Waals surface area (Å²) in [5, 5.41) is 40.2. The molecule has 49 heavy (non-hydrogen) atoms. The molecule has 0 heterocycles. The van der Waals surface area contributed by atoms with Gasteiger partial charge in [0.05, 0.1) is 0 Å². The molecule has 0 aromatic heterocycles. The molecule has 0 aromatic rings. The van der Waals surface area contributed by atoms with Crippen molar-refractivity contribution in [1.82, 2.24) is 0 Å². The minimum Gasteiger partial charge on any atom is -0.550 e. The van der Waals surface area contributed by atoms with E-state index in [9.17, 15) is 39.6 Å². The molecular formula is C40H76O8Re. The van der Waals surface area contributed by atoms with E-state index in [2.05, 4.69) is 83.1 Å². The number of carboxylic acids is 4. The Bertz CT molecular complexity index is 676. The van der Waals surface area contributed by atoms with Crippen molar-refractivity contribution >= 4 is 23.9 Å². The predicted octanol–water partition coefficient (Wildman–Crippen LogP) is 6.93. The number of rotatable bonds is 20. The third-order valence-electron chi connectivity index (χ3n) is 7.23. The summed E-state index contributed by atoms with van der Waals surface area (Å²) < 4.78 is 0. The first-order valence-corrected chi connectivity index (χ1v) is 18.5. The summed E-state index contributed by atoms with van der Waals surface area (Å²) in [4.78, 5) is 40.2. The number of hydrogen-bond donors (Lipinski definition) is 0. The van der Waals surface area contributed by atoms with E-state index in [1.807, 2.05) is 0 Å². The van der Waals surface area contributed by atoms with Crippen LogP contribution in [0.15, 0.2) is 0 Å². The van der Waals surface area contributed by atoms with Gasteiger partial charge in [-0.2, -0.15) is 0 Å². The van der Waals surface area contributed by atoms with Gasteiger partial charge in [-0.05, 0) is 98.7 Å². The Labute approximate surface area is 316 Å². The van der Waals surface area contributed by atoms with Crippen LogP contribution in [-0.4, -0.2) is 23.9 Å². The molecule has 291 valence electrons. The molecule has 0 atom stereocenters. The number of carboxylic acid groups (broad SMARTS) is 4. The zero-order chi connectivity index (χ0) is 38.5. The molecule has 0 aliphatic carbocycles. The molecule has 8 nitrogen and oxygen atoms in total. The third kappa shape index (κ3) is 77.4. The molecular weight excluding hydrogens is 795 g/mol. The summed E-state index contributed by atoms with van der Waals surface area (Å²) in [6.07, 6.45) is 17.1. The summed E-state index contributed by atoms with van der Waals surface area (Å²) in [6, 6.07) is 0. The smallest absolute Gasteiger partial charge is 0.550 e. The van der Waals surface area contributed by atoms with E-state index in [4.69, 9.17) is 0 Å². The minimum absolute atomic E-state index is 0. The number of unbranched alkanes of at least 4 members (excludes halogenated alkanes) is 8. The van der Waals surface area contributed by atoms with Crippen LogP contribution in [0.3, 0.4) is 0 Å². The molecule has 0 saturated carbocycles. The molecule has 0 N–H and O–H groups in total. The van der Waals surface area contributed by atoms with Crippen molar-refractivity contribution in [2.24, 2.45) is 21.7 Å². The number of carbonyl (C=O) groups excluding carboxylic acids is 4. The van der Waals surface area contributed by atoms with Gasteiger partial charge in [-0.1, -0.05) is 134 Å². The molecule has 0 spiro atoms. The Hall–Kier alpha value is -1.46. The molecule has 0 aliphatic rings. The number of hydrogen-bond acceptors (Lipinski definition) is 8. The average molecular weight is 871 g/mol. The van der Waals surface area contributed by atoms with Crippen LogP contribution in [0.25, 0.3) is 0 Å². The first-order valence-electron chi connectivity index (χ1n) is 18.5. The van der Waals surface area contributed by atoms with Crippen LogP contribution in [0.2, 0.25) is 0 Å². The summed E-state index contributed by atoms with van der Waals surface area (Å²) in [5.74, 6) is -3.70. The summed E-state index contributed by atoms with van der Waals surface area (Å²) >= 11 is 0. The van der Waals surface area contributed by atoms with E-state index in [-0.39, 0.29) is 46.1 Å². The van der Waals surface area contributed by atoms with Crippen LogP contribution in [0.1, 0.15) is 212 Å². The van der Waals surface area contributed by atoms with E-state index in [1.165, 1.54) is 25.7 Å². The Morgan fingerprint density at radius 1 is 0.306 bits per heavy atom. The van der Waals surface area contributed by atoms with Gasteiger partial charge in [0, 0.05) is 23.9 Å². The van der Waals surface area contributed by atoms with Gasteiger partial charge in [-0.25, -0.2) is 0 Å². The largest absolute Gasteiger partial charge is 4.00 e. The first kappa shape index (κ1) is 56.9. The fourth-order valence-electron chi connectivity index (χ4n) is 4.41. The summed E-state index contributed by atoms with van der Waals surface area (Å²) in [7, 11) is 0. The zero-order valence-electron chi connectivity index (χ0n) is 33.8. The van der Waals surface area contributed by atoms with Crippen molar-refractivity contribution in [2.75, 3.05) is 0 Å². The maximum Gasteiger partial charge on any atom is 4.00 e. The number of carbonyl (C=O) groups is 4. The van der Waals surface area contributed by atoms with Crippen molar-refractivity contribution in [3.8, 4) is 0 Å². The first-order chi connectivity index (χ1) is 21.7. The molecule has 0 fully saturated rings. The molecule has 0 amide bonds. The fraction of sp³-hybridized carbons (Fsp3) is 0.900. The van der Waals surface area contributed by atoms with Crippen LogP contribution in [0.5, 0.6) is 0 Å². The maximum atomic E-state index is 10.0. The second kappa shape index (κ2) is 32.4. The van der Waals surface area contributed by atoms with E-state index in [0.717, 1.165) is 77.0 Å². The Morgan fingerprint density at radius 2 is 0.449 bits per heavy atom. The SMILES string of the molecule is CC(C)(C)CCCCCC(=O)[O-].CC(C)(C)CCCCCC(=O)[O-].CC(C)(C)CCCCCC(=O)[O-].CC(C)(C)CCCCCC(=O)[O-].[Re+4]. The van der Waals surface area contributed by atoms with Gasteiger partial charge < -0.3 is 39.6 Å². The molecule has 0 rings (SSSR count). The molecule has 0 saturated heterocycles. The third-order valence-corrected chi connectivity index (χ3v) is 7.23. The van der Waals surface area contributed by atoms with Crippen LogP contribution < -0.4 is 20.4 Å². The monoisotopic (exact) mass is 872 g/mol. The summed E-state index contributed by atoms with van der Waals surface area (Å²) in [6.45, 7) is 26.4. The quantitative estimate of drug-likeness (QED) is 0.119. The van der Waals surface area contributed by atoms with Crippen molar-refractivity contribution in [2.45, 2.75) is 212 Å². The molecule has 1 radical (unpaired) electrons. The van der Waals surface area contributed by atoms with Gasteiger partial charge in [0.15, 0.2) is 0 Å². The fourth-order valence-corrected chi connectivity index (χ4v) is 4.41. The van der Waals surface area contributed by atoms with Crippen molar-refractivity contribution in [1.29, 1.82) is 0 Å². The van der Waals surface area contributed by atoms with Gasteiger partial charge in [0.1, 0.15) is 0 Å². The van der Waals surface area contributed by atoms with Gasteiger partial charge in [-0.15, -0.1) is 0 Å². The second-order valence-electron chi connectivity index (χ2n) is 18.0. The molecule has 0 bridgehead atoms. The standard InChI is InChI=1S/4C10H20O2.Re/c4*1-10(2,3)8-6-4-5-7-9(11)12;/h4*4-8H2,1-3H3,(H,11,12);/q;;;;+4/p-4. The molecule has 9 heteroatoms. The Balaban J connectivity index is -0.000000174. The van der Waals surface area contributed by atoms with Crippen LogP contribution in [0.4, 0.5) is 0 Å². The second-order valence-corrected chi connectivity index (χ2v) is 18.0. The van der Waals surface area contributed by atoms with Gasteiger partial charge >= 0.3 is 20.4 Å². The topological polar surface area (TPSA) is 161 Å². The predicted molar refractivity (Wildman–Crippen MR) is 190 cm³/mol. The van der Waals surface area contributed by atoms with Crippen LogP contribution in [-0.2, 0) is 39.6 Å². The Morgan fingerprint density at radius 3 is 0.551 bits per heavy atom. The molecule has 0 aliphatic heterocycles.